The molecule has 0 bridgehead atoms. The van der Waals surface area contributed by atoms with Crippen molar-refractivity contribution in [2.45, 2.75) is 190 Å². The number of carbonyl (C=O) groups is 12. The van der Waals surface area contributed by atoms with Crippen molar-refractivity contribution in [3.05, 3.63) is 156 Å². The number of rotatable bonds is 37. The molecule has 0 saturated carbocycles. The average molecular weight is 1610 g/mol. The Morgan fingerprint density at radius 3 is 1.23 bits per heavy atom. The summed E-state index contributed by atoms with van der Waals surface area (Å²) in [4.78, 5) is 171. The summed E-state index contributed by atoms with van der Waals surface area (Å²) in [7, 11) is 0. The summed E-state index contributed by atoms with van der Waals surface area (Å²) in [5.41, 5.74) is 13.7. The van der Waals surface area contributed by atoms with E-state index in [-0.39, 0.29) is 113 Å². The van der Waals surface area contributed by atoms with Gasteiger partial charge in [-0.3, -0.25) is 68.4 Å². The highest BCUT2D eigenvalue weighted by Gasteiger charge is 2.37. The van der Waals surface area contributed by atoms with Gasteiger partial charge in [-0.2, -0.15) is 0 Å². The standard InChI is InChI=1S/C85H114N18O14/c1-55-77(111)99-67(25-19-43-93-85(88)89)81(115)101-69(51-59-29-35-61-21-11-13-23-63(61)47-59)79(113)95-53-75(109)98-71(49-57-32-38-65(105)39-33-57)83(117)103(55)45-17-7-5-15-41-91-73(107)27-9-3-2-8-26-72(106)90-40-14-4-6-16-44-102-54-76(110)96-66(24-18-42-92-84(86)87)80(114)100-68(50-58-28-34-60-20-10-12-22-62(60)46-58)78(112)94-52-74(108)97-70(82(102)116)48-56-30-36-64(104)37-31-56/h10-13,20-23,28-39,46-47,55,66-71,104-105H,2-9,14-19,24-27,40-45,48-54H2,1H3,(H,90,106)(H,91,107)(H,94,112)(H,95,113)(H,96,110)(H,97,108)(H,98,109)(H,99,111)(H,100,114)(H,101,115)(H4,86,87,92)(H4,88,89,93)/t55-,66+,67+,68+,69+,70-,71-/m1/s1. The molecule has 7 atom stereocenters. The molecule has 0 aromatic heterocycles. The average Bonchev–Trinajstić information content (AvgIpc) is 1.17. The number of phenols is 2. The molecule has 20 N–H and O–H groups in total. The number of nitrogens with one attached hydrogen (secondary N) is 14. The minimum atomic E-state index is -1.23. The van der Waals surface area contributed by atoms with Gasteiger partial charge in [0.05, 0.1) is 19.6 Å². The van der Waals surface area contributed by atoms with Crippen LogP contribution in [0.4, 0.5) is 0 Å². The fourth-order valence-electron chi connectivity index (χ4n) is 14.1. The van der Waals surface area contributed by atoms with Gasteiger partial charge in [-0.15, -0.1) is 0 Å². The molecular formula is C85H114N18O14. The zero-order chi connectivity index (χ0) is 84.0. The molecule has 2 aliphatic rings. The van der Waals surface area contributed by atoms with Gasteiger partial charge < -0.3 is 95.3 Å². The van der Waals surface area contributed by atoms with E-state index < -0.39 is 121 Å². The van der Waals surface area contributed by atoms with Crippen LogP contribution in [0.25, 0.3) is 21.5 Å². The Balaban J connectivity index is 0.768. The van der Waals surface area contributed by atoms with Crippen LogP contribution < -0.4 is 75.3 Å². The van der Waals surface area contributed by atoms with Gasteiger partial charge in [0.15, 0.2) is 11.9 Å². The zero-order valence-electron chi connectivity index (χ0n) is 66.5. The van der Waals surface area contributed by atoms with Crippen LogP contribution >= 0.6 is 0 Å². The number of aromatic hydroxyl groups is 2. The van der Waals surface area contributed by atoms with E-state index in [1.807, 2.05) is 84.9 Å². The van der Waals surface area contributed by atoms with Crippen LogP contribution in [0, 0.1) is 10.8 Å². The maximum atomic E-state index is 14.9. The Bertz CT molecular complexity index is 4390. The van der Waals surface area contributed by atoms with Crippen molar-refractivity contribution in [1.29, 1.82) is 10.8 Å². The Hall–Kier alpha value is -12.4. The van der Waals surface area contributed by atoms with Crippen molar-refractivity contribution in [2.75, 3.05) is 58.9 Å². The predicted octanol–water partition coefficient (Wildman–Crippen LogP) is 3.11. The second kappa shape index (κ2) is 47.5. The predicted molar refractivity (Wildman–Crippen MR) is 443 cm³/mol. The summed E-state index contributed by atoms with van der Waals surface area (Å²) in [6, 6.07) is 30.4. The Kier molecular flexibility index (Phi) is 36.6. The number of nitrogens with two attached hydrogens (primary N) is 2. The number of guanidine groups is 2. The minimum Gasteiger partial charge on any atom is -0.508 e. The number of hydrogen-bond donors (Lipinski definition) is 18. The molecule has 2 heterocycles. The van der Waals surface area contributed by atoms with Crippen molar-refractivity contribution in [2.24, 2.45) is 11.5 Å². The van der Waals surface area contributed by atoms with Crippen LogP contribution in [0.5, 0.6) is 11.5 Å². The molecule has 0 unspecified atom stereocenters. The molecule has 32 heteroatoms. The topological polar surface area (TPSA) is 496 Å². The molecule has 6 aromatic carbocycles. The summed E-state index contributed by atoms with van der Waals surface area (Å²) >= 11 is 0. The largest absolute Gasteiger partial charge is 0.508 e. The van der Waals surface area contributed by atoms with Gasteiger partial charge in [0.1, 0.15) is 53.8 Å². The number of nitrogens with zero attached hydrogens (tertiary/aromatic N) is 2. The minimum absolute atomic E-state index is 0.0104. The van der Waals surface area contributed by atoms with Gasteiger partial charge in [0, 0.05) is 77.8 Å². The second-order valence-corrected chi connectivity index (χ2v) is 29.9. The lowest BCUT2D eigenvalue weighted by Crippen LogP contribution is -2.58. The third kappa shape index (κ3) is 31.4. The van der Waals surface area contributed by atoms with E-state index in [1.54, 1.807) is 24.3 Å². The number of fused-ring (bicyclic) bond motifs is 2. The summed E-state index contributed by atoms with van der Waals surface area (Å²) in [6.45, 7) is 1.31. The molecule has 2 fully saturated rings. The molecule has 8 rings (SSSR count). The van der Waals surface area contributed by atoms with Crippen molar-refractivity contribution >= 4 is 104 Å². The van der Waals surface area contributed by atoms with Gasteiger partial charge in [-0.1, -0.05) is 148 Å². The fourth-order valence-corrected chi connectivity index (χ4v) is 14.1. The molecule has 2 saturated heterocycles. The molecule has 0 radical (unpaired) electrons. The van der Waals surface area contributed by atoms with E-state index in [0.29, 0.717) is 101 Å². The molecule has 2 aliphatic heterocycles. The molecule has 117 heavy (non-hydrogen) atoms. The van der Waals surface area contributed by atoms with E-state index in [2.05, 4.69) is 63.8 Å². The third-order valence-electron chi connectivity index (χ3n) is 20.6. The number of unbranched alkanes of at least 4 members (excludes halogenated alkanes) is 9. The smallest absolute Gasteiger partial charge is 0.246 e. The monoisotopic (exact) mass is 1610 g/mol. The van der Waals surface area contributed by atoms with Crippen molar-refractivity contribution < 1.29 is 67.7 Å². The van der Waals surface area contributed by atoms with E-state index in [0.717, 1.165) is 45.5 Å². The van der Waals surface area contributed by atoms with Gasteiger partial charge >= 0.3 is 0 Å². The van der Waals surface area contributed by atoms with E-state index in [9.17, 15) is 67.7 Å². The highest BCUT2D eigenvalue weighted by atomic mass is 16.3. The Morgan fingerprint density at radius 2 is 0.769 bits per heavy atom. The van der Waals surface area contributed by atoms with Crippen LogP contribution in [0.1, 0.15) is 145 Å². The van der Waals surface area contributed by atoms with Crippen LogP contribution in [0.2, 0.25) is 0 Å². The highest BCUT2D eigenvalue weighted by Crippen LogP contribution is 2.22. The fraction of sp³-hybridized carbons (Fsp3) is 0.459. The van der Waals surface area contributed by atoms with Gasteiger partial charge in [0.2, 0.25) is 70.9 Å². The first-order valence-electron chi connectivity index (χ1n) is 40.5. The Morgan fingerprint density at radius 1 is 0.393 bits per heavy atom. The molecule has 0 spiro atoms. The van der Waals surface area contributed by atoms with Gasteiger partial charge in [-0.05, 0) is 139 Å². The lowest BCUT2D eigenvalue weighted by Gasteiger charge is -2.33. The van der Waals surface area contributed by atoms with Crippen LogP contribution in [-0.2, 0) is 83.2 Å². The number of phenolic OH excluding ortho intramolecular Hbond substituents is 2. The normalized spacial score (nSPS) is 19.0. The quantitative estimate of drug-likeness (QED) is 0.0151. The van der Waals surface area contributed by atoms with Crippen molar-refractivity contribution in [3.8, 4) is 11.5 Å². The maximum absolute atomic E-state index is 14.9. The SMILES string of the molecule is C[C@@H]1C(=O)N[C@@H](CCCNC(=N)N)C(=O)N[C@@H](Cc2ccc3ccccc3c2)C(=O)NCC(=O)N[C@H](Cc2ccc(O)cc2)C(=O)N1CCCCCCNC(=O)CCCCCCC(=O)NCCCCCCN1CC(=O)N[C@@H](CCCNC(=N)N)C(=O)N[C@@H](Cc2ccc3ccccc3c2)C(=O)NCC(=O)N[C@H](Cc2ccc(O)cc2)C1=O. The van der Waals surface area contributed by atoms with E-state index >= 15 is 0 Å². The summed E-state index contributed by atoms with van der Waals surface area (Å²) < 4.78 is 0. The molecule has 32 nitrogen and oxygen atoms in total. The molecule has 6 aromatic rings. The van der Waals surface area contributed by atoms with Crippen molar-refractivity contribution in [1.82, 2.24) is 73.6 Å². The first kappa shape index (κ1) is 90.2. The summed E-state index contributed by atoms with van der Waals surface area (Å²) in [5.74, 6) is -7.44. The van der Waals surface area contributed by atoms with E-state index in [4.69, 9.17) is 22.3 Å². The highest BCUT2D eigenvalue weighted by molar-refractivity contribution is 5.99. The van der Waals surface area contributed by atoms with E-state index in [1.165, 1.54) is 41.0 Å². The number of hydrogen-bond acceptors (Lipinski definition) is 16. The summed E-state index contributed by atoms with van der Waals surface area (Å²) in [5, 5.41) is 72.5. The van der Waals surface area contributed by atoms with Crippen LogP contribution in [0.3, 0.4) is 0 Å². The van der Waals surface area contributed by atoms with Crippen LogP contribution in [0.15, 0.2) is 133 Å². The lowest BCUT2D eigenvalue weighted by molar-refractivity contribution is -0.143. The molecule has 0 aliphatic carbocycles. The van der Waals surface area contributed by atoms with Gasteiger partial charge in [-0.25, -0.2) is 0 Å². The van der Waals surface area contributed by atoms with Crippen LogP contribution in [-0.4, -0.2) is 204 Å². The van der Waals surface area contributed by atoms with Crippen molar-refractivity contribution in [3.63, 3.8) is 0 Å². The first-order valence-corrected chi connectivity index (χ1v) is 40.5. The maximum Gasteiger partial charge on any atom is 0.246 e. The first-order chi connectivity index (χ1) is 56.3. The number of amides is 12. The molecule has 12 amide bonds. The molecular weight excluding hydrogens is 1500 g/mol. The zero-order valence-corrected chi connectivity index (χ0v) is 66.5. The Labute approximate surface area is 681 Å². The summed E-state index contributed by atoms with van der Waals surface area (Å²) in [6.07, 6.45) is 8.59. The second-order valence-electron chi connectivity index (χ2n) is 29.9. The van der Waals surface area contributed by atoms with Gasteiger partial charge in [0.25, 0.3) is 0 Å². The third-order valence-corrected chi connectivity index (χ3v) is 20.6. The number of carbonyl (C=O) groups excluding carboxylic acids is 12. The number of benzene rings is 6. The molecule has 628 valence electrons. The lowest BCUT2D eigenvalue weighted by atomic mass is 10.0.